The molecule has 2 saturated heterocycles. The minimum atomic E-state index is -0.555. The van der Waals surface area contributed by atoms with E-state index in [0.717, 1.165) is 11.3 Å². The quantitative estimate of drug-likeness (QED) is 0.763. The van der Waals surface area contributed by atoms with Gasteiger partial charge in [-0.05, 0) is 44.5 Å². The predicted octanol–water partition coefficient (Wildman–Crippen LogP) is 3.19. The number of fused-ring (bicyclic) bond motifs is 1. The summed E-state index contributed by atoms with van der Waals surface area (Å²) in [6.07, 6.45) is 3.26. The van der Waals surface area contributed by atoms with Crippen molar-refractivity contribution in [1.29, 1.82) is 0 Å². The lowest BCUT2D eigenvalue weighted by molar-refractivity contribution is 0.0277. The number of rotatable bonds is 3. The molecule has 0 aliphatic carbocycles. The highest BCUT2D eigenvalue weighted by atomic mass is 32.2. The van der Waals surface area contributed by atoms with Gasteiger partial charge in [-0.1, -0.05) is 24.3 Å². The Morgan fingerprint density at radius 2 is 2.00 bits per heavy atom. The van der Waals surface area contributed by atoms with Gasteiger partial charge in [-0.15, -0.1) is 11.8 Å². The molecule has 2 aliphatic rings. The first kappa shape index (κ1) is 21.6. The number of aromatic nitrogens is 1. The molecule has 2 N–H and O–H groups in total. The number of thioether (sulfide) groups is 1. The number of carbonyl (C=O) groups excluding carboxylic acids is 2. The van der Waals surface area contributed by atoms with Gasteiger partial charge in [0.2, 0.25) is 0 Å². The third kappa shape index (κ3) is 4.70. The van der Waals surface area contributed by atoms with Crippen molar-refractivity contribution in [2.45, 2.75) is 37.4 Å². The molecule has 2 amide bonds. The van der Waals surface area contributed by atoms with Crippen molar-refractivity contribution >= 4 is 23.8 Å². The van der Waals surface area contributed by atoms with Gasteiger partial charge < -0.3 is 15.0 Å². The molecule has 1 aromatic carbocycles. The van der Waals surface area contributed by atoms with Gasteiger partial charge in [-0.2, -0.15) is 0 Å². The summed E-state index contributed by atoms with van der Waals surface area (Å²) in [6, 6.07) is 13.1. The lowest BCUT2D eigenvalue weighted by Crippen LogP contribution is -2.61. The zero-order valence-electron chi connectivity index (χ0n) is 18.0. The highest BCUT2D eigenvalue weighted by Gasteiger charge is 2.53. The third-order valence-electron chi connectivity index (χ3n) is 5.56. The zero-order chi connectivity index (χ0) is 22.1. The van der Waals surface area contributed by atoms with Gasteiger partial charge in [0, 0.05) is 42.7 Å². The monoisotopic (exact) mass is 440 g/mol. The van der Waals surface area contributed by atoms with E-state index in [1.54, 1.807) is 35.0 Å². The number of nitrogens with one attached hydrogen (secondary N) is 2. The molecule has 0 radical (unpaired) electrons. The maximum Gasteiger partial charge on any atom is 0.410 e. The molecule has 0 saturated carbocycles. The lowest BCUT2D eigenvalue weighted by Gasteiger charge is -2.43. The first-order valence-electron chi connectivity index (χ1n) is 10.4. The number of benzene rings is 1. The molecule has 1 aromatic heterocycles. The Labute approximate surface area is 186 Å². The Kier molecular flexibility index (Phi) is 5.94. The van der Waals surface area contributed by atoms with E-state index in [1.165, 1.54) is 0 Å². The van der Waals surface area contributed by atoms with Crippen molar-refractivity contribution in [1.82, 2.24) is 20.5 Å². The van der Waals surface area contributed by atoms with Crippen LogP contribution in [0.1, 0.15) is 36.7 Å². The molecule has 164 valence electrons. The van der Waals surface area contributed by atoms with E-state index in [1.807, 2.05) is 57.3 Å². The highest BCUT2D eigenvalue weighted by molar-refractivity contribution is 7.99. The number of amides is 2. The van der Waals surface area contributed by atoms with E-state index in [0.29, 0.717) is 18.7 Å². The molecule has 8 heteroatoms. The maximum absolute atomic E-state index is 12.8. The normalized spacial score (nSPS) is 25.6. The van der Waals surface area contributed by atoms with Crippen molar-refractivity contribution in [3.8, 4) is 0 Å². The number of nitrogens with zero attached hydrogens (tertiary/aromatic N) is 2. The Bertz CT molecular complexity index is 935. The summed E-state index contributed by atoms with van der Waals surface area (Å²) in [7, 11) is 0. The van der Waals surface area contributed by atoms with Crippen LogP contribution in [0.5, 0.6) is 0 Å². The van der Waals surface area contributed by atoms with Crippen LogP contribution in [0.15, 0.2) is 54.9 Å². The Hall–Kier alpha value is -2.58. The van der Waals surface area contributed by atoms with E-state index >= 15 is 0 Å². The lowest BCUT2D eigenvalue weighted by atomic mass is 9.82. The molecule has 31 heavy (non-hydrogen) atoms. The van der Waals surface area contributed by atoms with Crippen LogP contribution in [-0.2, 0) is 10.3 Å². The summed E-state index contributed by atoms with van der Waals surface area (Å²) in [6.45, 7) is 6.65. The summed E-state index contributed by atoms with van der Waals surface area (Å²) in [4.78, 5) is 31.6. The van der Waals surface area contributed by atoms with Crippen LogP contribution in [0.3, 0.4) is 0 Å². The van der Waals surface area contributed by atoms with Gasteiger partial charge >= 0.3 is 6.09 Å². The van der Waals surface area contributed by atoms with Gasteiger partial charge in [0.05, 0.1) is 5.54 Å². The molecular formula is C23H28N4O3S. The number of carbonyl (C=O) groups is 2. The minimum Gasteiger partial charge on any atom is -0.444 e. The van der Waals surface area contributed by atoms with Crippen molar-refractivity contribution in [3.63, 3.8) is 0 Å². The summed E-state index contributed by atoms with van der Waals surface area (Å²) in [5.41, 5.74) is 0.267. The molecule has 2 aromatic rings. The van der Waals surface area contributed by atoms with Crippen LogP contribution in [0.2, 0.25) is 0 Å². The van der Waals surface area contributed by atoms with Crippen LogP contribution in [-0.4, -0.2) is 51.8 Å². The fourth-order valence-electron chi connectivity index (χ4n) is 4.14. The van der Waals surface area contributed by atoms with Gasteiger partial charge in [0.25, 0.3) is 5.91 Å². The summed E-state index contributed by atoms with van der Waals surface area (Å²) in [5, 5.41) is 6.72. The van der Waals surface area contributed by atoms with E-state index in [4.69, 9.17) is 4.74 Å². The van der Waals surface area contributed by atoms with Crippen LogP contribution >= 0.6 is 11.8 Å². The molecule has 0 spiro atoms. The van der Waals surface area contributed by atoms with Crippen molar-refractivity contribution < 1.29 is 14.3 Å². The molecule has 2 fully saturated rings. The first-order chi connectivity index (χ1) is 14.8. The van der Waals surface area contributed by atoms with E-state index in [-0.39, 0.29) is 23.4 Å². The third-order valence-corrected chi connectivity index (χ3v) is 6.72. The van der Waals surface area contributed by atoms with Gasteiger partial charge in [0.1, 0.15) is 11.1 Å². The van der Waals surface area contributed by atoms with Crippen molar-refractivity contribution in [3.05, 3.63) is 66.0 Å². The number of likely N-dealkylation sites (tertiary alicyclic amines) is 1. The van der Waals surface area contributed by atoms with E-state index in [2.05, 4.69) is 15.6 Å². The van der Waals surface area contributed by atoms with Crippen LogP contribution in [0, 0.1) is 5.92 Å². The average Bonchev–Trinajstić information content (AvgIpc) is 3.14. The fourth-order valence-corrected chi connectivity index (χ4v) is 5.43. The van der Waals surface area contributed by atoms with Gasteiger partial charge in [0.15, 0.2) is 0 Å². The second-order valence-electron chi connectivity index (χ2n) is 8.97. The van der Waals surface area contributed by atoms with Crippen LogP contribution < -0.4 is 10.6 Å². The first-order valence-corrected chi connectivity index (χ1v) is 11.5. The summed E-state index contributed by atoms with van der Waals surface area (Å²) < 4.78 is 5.62. The predicted molar refractivity (Wildman–Crippen MR) is 121 cm³/mol. The second kappa shape index (κ2) is 8.51. The maximum atomic E-state index is 12.8. The average molecular weight is 441 g/mol. The molecule has 4 rings (SSSR count). The largest absolute Gasteiger partial charge is 0.444 e. The highest BCUT2D eigenvalue weighted by Crippen LogP contribution is 2.43. The minimum absolute atomic E-state index is 0.132. The van der Waals surface area contributed by atoms with Crippen LogP contribution in [0.25, 0.3) is 0 Å². The fraction of sp³-hybridized carbons (Fsp3) is 0.435. The molecule has 3 unspecified atom stereocenters. The number of hydrogen-bond donors (Lipinski definition) is 2. The summed E-state index contributed by atoms with van der Waals surface area (Å²) >= 11 is 1.64. The SMILES string of the molecule is CC(C)(C)OC(=O)N1CC2CSC(NC(=O)c3ccccc3)NC2(c2cccnc2)C1. The Morgan fingerprint density at radius 3 is 2.68 bits per heavy atom. The van der Waals surface area contributed by atoms with E-state index in [9.17, 15) is 9.59 Å². The number of ether oxygens (including phenoxy) is 1. The zero-order valence-corrected chi connectivity index (χ0v) is 18.8. The topological polar surface area (TPSA) is 83.6 Å². The molecule has 7 nitrogen and oxygen atoms in total. The van der Waals surface area contributed by atoms with Gasteiger partial charge in [-0.3, -0.25) is 15.1 Å². The molecular weight excluding hydrogens is 412 g/mol. The summed E-state index contributed by atoms with van der Waals surface area (Å²) in [5.74, 6) is 0.826. The van der Waals surface area contributed by atoms with E-state index < -0.39 is 11.1 Å². The number of pyridine rings is 1. The van der Waals surface area contributed by atoms with Crippen molar-refractivity contribution in [2.75, 3.05) is 18.8 Å². The molecule has 2 aliphatic heterocycles. The number of hydrogen-bond acceptors (Lipinski definition) is 6. The molecule has 3 atom stereocenters. The van der Waals surface area contributed by atoms with Crippen molar-refractivity contribution in [2.24, 2.45) is 5.92 Å². The van der Waals surface area contributed by atoms with Gasteiger partial charge in [-0.25, -0.2) is 4.79 Å². The Balaban J connectivity index is 1.57. The molecule has 3 heterocycles. The Morgan fingerprint density at radius 1 is 1.23 bits per heavy atom. The smallest absolute Gasteiger partial charge is 0.410 e. The second-order valence-corrected chi connectivity index (χ2v) is 10.1. The molecule has 0 bridgehead atoms. The van der Waals surface area contributed by atoms with Crippen LogP contribution in [0.4, 0.5) is 4.79 Å². The standard InChI is InChI=1S/C23H28N4O3S/c1-22(2,3)30-21(29)27-13-18-14-31-20(25-19(28)16-8-5-4-6-9-16)26-23(18,15-27)17-10-7-11-24-12-17/h4-12,18,20,26H,13-15H2,1-3H3,(H,25,28).